The summed E-state index contributed by atoms with van der Waals surface area (Å²) in [6.07, 6.45) is 0. The van der Waals surface area contributed by atoms with Gasteiger partial charge in [0, 0.05) is 10.5 Å². The summed E-state index contributed by atoms with van der Waals surface area (Å²) in [6, 6.07) is 8.53. The van der Waals surface area contributed by atoms with E-state index < -0.39 is 0 Å². The van der Waals surface area contributed by atoms with Crippen LogP contribution in [0.3, 0.4) is 0 Å². The van der Waals surface area contributed by atoms with Gasteiger partial charge in [0.1, 0.15) is 0 Å². The first-order valence-corrected chi connectivity index (χ1v) is 6.59. The molecule has 2 rings (SSSR count). The summed E-state index contributed by atoms with van der Waals surface area (Å²) in [5.74, 6) is 0.571. The number of hydrogen-bond donors (Lipinski definition) is 1. The van der Waals surface area contributed by atoms with E-state index in [1.54, 1.807) is 0 Å². The first kappa shape index (κ1) is 12.1. The highest BCUT2D eigenvalue weighted by Crippen LogP contribution is 2.71. The van der Waals surface area contributed by atoms with E-state index in [1.807, 2.05) is 0 Å². The van der Waals surface area contributed by atoms with Crippen molar-refractivity contribution in [3.8, 4) is 0 Å². The minimum Gasteiger partial charge on any atom is -0.324 e. The molecule has 0 aromatic heterocycles. The van der Waals surface area contributed by atoms with Gasteiger partial charge in [0.05, 0.1) is 0 Å². The molecular formula is C14H20BrN. The van der Waals surface area contributed by atoms with Gasteiger partial charge in [-0.1, -0.05) is 55.8 Å². The van der Waals surface area contributed by atoms with Crippen LogP contribution in [-0.4, -0.2) is 0 Å². The fraction of sp³-hybridized carbons (Fsp3) is 0.571. The molecule has 0 spiro atoms. The lowest BCUT2D eigenvalue weighted by Crippen LogP contribution is -2.16. The summed E-state index contributed by atoms with van der Waals surface area (Å²) >= 11 is 3.45. The summed E-state index contributed by atoms with van der Waals surface area (Å²) in [6.45, 7) is 9.26. The zero-order valence-corrected chi connectivity index (χ0v) is 12.0. The average molecular weight is 282 g/mol. The second-order valence-corrected chi connectivity index (χ2v) is 6.91. The molecular weight excluding hydrogens is 262 g/mol. The van der Waals surface area contributed by atoms with Crippen molar-refractivity contribution >= 4 is 15.9 Å². The fourth-order valence-corrected chi connectivity index (χ4v) is 3.29. The lowest BCUT2D eigenvalue weighted by molar-refractivity contribution is 0.457. The minimum absolute atomic E-state index is 0.151. The summed E-state index contributed by atoms with van der Waals surface area (Å²) in [7, 11) is 0. The van der Waals surface area contributed by atoms with Crippen molar-refractivity contribution in [1.82, 2.24) is 0 Å². The van der Waals surface area contributed by atoms with Crippen LogP contribution in [0.5, 0.6) is 0 Å². The molecule has 1 aliphatic rings. The van der Waals surface area contributed by atoms with Gasteiger partial charge in [0.25, 0.3) is 0 Å². The third kappa shape index (κ3) is 1.63. The molecule has 16 heavy (non-hydrogen) atoms. The SMILES string of the molecule is CC1(C)C(C(N)c2ccc(Br)cc2)C1(C)C. The lowest BCUT2D eigenvalue weighted by atomic mass is 9.98. The molecule has 2 heteroatoms. The van der Waals surface area contributed by atoms with Crippen LogP contribution in [0, 0.1) is 16.7 Å². The first-order valence-electron chi connectivity index (χ1n) is 5.79. The normalized spacial score (nSPS) is 24.1. The second-order valence-electron chi connectivity index (χ2n) is 6.00. The maximum Gasteiger partial charge on any atom is 0.0334 e. The van der Waals surface area contributed by atoms with Crippen LogP contribution in [0.1, 0.15) is 39.3 Å². The zero-order valence-electron chi connectivity index (χ0n) is 10.4. The monoisotopic (exact) mass is 281 g/mol. The third-order valence-electron chi connectivity index (χ3n) is 4.75. The number of nitrogens with two attached hydrogens (primary N) is 1. The van der Waals surface area contributed by atoms with E-state index in [-0.39, 0.29) is 6.04 Å². The van der Waals surface area contributed by atoms with Gasteiger partial charge in [-0.25, -0.2) is 0 Å². The molecule has 88 valence electrons. The predicted molar refractivity (Wildman–Crippen MR) is 72.1 cm³/mol. The summed E-state index contributed by atoms with van der Waals surface area (Å²) in [4.78, 5) is 0. The number of rotatable bonds is 2. The molecule has 1 fully saturated rings. The Bertz CT molecular complexity index is 378. The van der Waals surface area contributed by atoms with Gasteiger partial charge in [0.15, 0.2) is 0 Å². The van der Waals surface area contributed by atoms with E-state index in [4.69, 9.17) is 5.73 Å². The van der Waals surface area contributed by atoms with Crippen molar-refractivity contribution in [2.24, 2.45) is 22.5 Å². The van der Waals surface area contributed by atoms with E-state index in [2.05, 4.69) is 67.9 Å². The number of halogens is 1. The quantitative estimate of drug-likeness (QED) is 0.867. The van der Waals surface area contributed by atoms with E-state index in [9.17, 15) is 0 Å². The first-order chi connectivity index (χ1) is 7.28. The van der Waals surface area contributed by atoms with Crippen molar-refractivity contribution in [3.63, 3.8) is 0 Å². The Hall–Kier alpha value is -0.340. The van der Waals surface area contributed by atoms with Gasteiger partial charge >= 0.3 is 0 Å². The molecule has 1 aromatic carbocycles. The molecule has 0 amide bonds. The van der Waals surface area contributed by atoms with Crippen LogP contribution >= 0.6 is 15.9 Å². The van der Waals surface area contributed by atoms with Crippen LogP contribution in [0.25, 0.3) is 0 Å². The molecule has 0 radical (unpaired) electrons. The lowest BCUT2D eigenvalue weighted by Gasteiger charge is -2.14. The van der Waals surface area contributed by atoms with Crippen LogP contribution in [-0.2, 0) is 0 Å². The Morgan fingerprint density at radius 1 is 1.06 bits per heavy atom. The smallest absolute Gasteiger partial charge is 0.0334 e. The summed E-state index contributed by atoms with van der Waals surface area (Å²) in [5, 5.41) is 0. The van der Waals surface area contributed by atoms with Gasteiger partial charge in [-0.05, 0) is 34.4 Å². The molecule has 1 saturated carbocycles. The molecule has 2 N–H and O–H groups in total. The molecule has 0 heterocycles. The van der Waals surface area contributed by atoms with Crippen molar-refractivity contribution in [1.29, 1.82) is 0 Å². The maximum atomic E-state index is 6.39. The van der Waals surface area contributed by atoms with E-state index in [0.717, 1.165) is 4.47 Å². The third-order valence-corrected chi connectivity index (χ3v) is 5.28. The summed E-state index contributed by atoms with van der Waals surface area (Å²) in [5.41, 5.74) is 8.32. The van der Waals surface area contributed by atoms with E-state index in [1.165, 1.54) is 5.56 Å². The Labute approximate surface area is 107 Å². The van der Waals surface area contributed by atoms with Gasteiger partial charge in [-0.2, -0.15) is 0 Å². The molecule has 1 aromatic rings. The highest BCUT2D eigenvalue weighted by Gasteiger charge is 2.66. The van der Waals surface area contributed by atoms with Crippen molar-refractivity contribution in [2.75, 3.05) is 0 Å². The second kappa shape index (κ2) is 3.58. The average Bonchev–Trinajstić information content (AvgIpc) is 2.57. The molecule has 1 aliphatic carbocycles. The number of hydrogen-bond acceptors (Lipinski definition) is 1. The van der Waals surface area contributed by atoms with Gasteiger partial charge < -0.3 is 5.73 Å². The van der Waals surface area contributed by atoms with Crippen LogP contribution < -0.4 is 5.73 Å². The Morgan fingerprint density at radius 2 is 1.50 bits per heavy atom. The van der Waals surface area contributed by atoms with Crippen LogP contribution in [0.2, 0.25) is 0 Å². The standard InChI is InChI=1S/C14H20BrN/c1-13(2)12(14(13,3)4)11(16)9-5-7-10(15)8-6-9/h5-8,11-12H,16H2,1-4H3. The zero-order chi connectivity index (χ0) is 12.1. The molecule has 1 nitrogen and oxygen atoms in total. The van der Waals surface area contributed by atoms with E-state index >= 15 is 0 Å². The van der Waals surface area contributed by atoms with Crippen LogP contribution in [0.15, 0.2) is 28.7 Å². The molecule has 1 atom stereocenters. The Kier molecular flexibility index (Phi) is 2.71. The highest BCUT2D eigenvalue weighted by atomic mass is 79.9. The Balaban J connectivity index is 2.22. The molecule has 0 saturated heterocycles. The van der Waals surface area contributed by atoms with Gasteiger partial charge in [-0.15, -0.1) is 0 Å². The maximum absolute atomic E-state index is 6.39. The minimum atomic E-state index is 0.151. The Morgan fingerprint density at radius 3 is 1.88 bits per heavy atom. The molecule has 0 bridgehead atoms. The largest absolute Gasteiger partial charge is 0.324 e. The molecule has 1 unspecified atom stereocenters. The topological polar surface area (TPSA) is 26.0 Å². The van der Waals surface area contributed by atoms with Gasteiger partial charge in [-0.3, -0.25) is 0 Å². The number of benzene rings is 1. The predicted octanol–water partition coefficient (Wildman–Crippen LogP) is 4.13. The van der Waals surface area contributed by atoms with Crippen LogP contribution in [0.4, 0.5) is 0 Å². The fourth-order valence-electron chi connectivity index (χ4n) is 3.02. The van der Waals surface area contributed by atoms with Crippen molar-refractivity contribution in [3.05, 3.63) is 34.3 Å². The van der Waals surface area contributed by atoms with E-state index in [0.29, 0.717) is 16.7 Å². The summed E-state index contributed by atoms with van der Waals surface area (Å²) < 4.78 is 1.11. The van der Waals surface area contributed by atoms with Gasteiger partial charge in [0.2, 0.25) is 0 Å². The van der Waals surface area contributed by atoms with Crippen molar-refractivity contribution in [2.45, 2.75) is 33.7 Å². The molecule has 0 aliphatic heterocycles. The van der Waals surface area contributed by atoms with Crippen molar-refractivity contribution < 1.29 is 0 Å². The highest BCUT2D eigenvalue weighted by molar-refractivity contribution is 9.10.